The van der Waals surface area contributed by atoms with Gasteiger partial charge in [-0.25, -0.2) is 8.42 Å². The fraction of sp³-hybridized carbons (Fsp3) is 0.429. The molecule has 0 amide bonds. The summed E-state index contributed by atoms with van der Waals surface area (Å²) < 4.78 is 25.1. The van der Waals surface area contributed by atoms with Crippen LogP contribution in [0.5, 0.6) is 0 Å². The van der Waals surface area contributed by atoms with Gasteiger partial charge in [-0.3, -0.25) is 19.4 Å². The smallest absolute Gasteiger partial charge is 0.229 e. The predicted molar refractivity (Wildman–Crippen MR) is 126 cm³/mol. The van der Waals surface area contributed by atoms with Crippen molar-refractivity contribution >= 4 is 46.3 Å². The summed E-state index contributed by atoms with van der Waals surface area (Å²) in [6.07, 6.45) is 9.77. The molecule has 9 heteroatoms. The van der Waals surface area contributed by atoms with Crippen LogP contribution < -0.4 is 4.72 Å². The minimum atomic E-state index is -3.32. The summed E-state index contributed by atoms with van der Waals surface area (Å²) in [6.45, 7) is 1.84. The van der Waals surface area contributed by atoms with Gasteiger partial charge in [-0.2, -0.15) is 0 Å². The second-order valence-corrected chi connectivity index (χ2v) is 9.07. The van der Waals surface area contributed by atoms with Crippen molar-refractivity contribution in [1.82, 2.24) is 9.88 Å². The van der Waals surface area contributed by atoms with Crippen molar-refractivity contribution in [2.75, 3.05) is 24.1 Å². The predicted octanol–water partition coefficient (Wildman–Crippen LogP) is 3.97. The van der Waals surface area contributed by atoms with Crippen LogP contribution in [-0.4, -0.2) is 49.5 Å². The number of benzene rings is 1. The van der Waals surface area contributed by atoms with Crippen molar-refractivity contribution < 1.29 is 13.2 Å². The Morgan fingerprint density at radius 1 is 1.10 bits per heavy atom. The lowest BCUT2D eigenvalue weighted by atomic mass is 9.94. The lowest BCUT2D eigenvalue weighted by Gasteiger charge is -2.34. The van der Waals surface area contributed by atoms with Crippen LogP contribution in [0.1, 0.15) is 41.6 Å². The molecule has 2 heterocycles. The number of rotatable bonds is 8. The van der Waals surface area contributed by atoms with Crippen LogP contribution in [0.15, 0.2) is 48.8 Å². The third-order valence-corrected chi connectivity index (χ3v) is 5.66. The Kier molecular flexibility index (Phi) is 10.8. The third-order valence-electron chi connectivity index (χ3n) is 5.05. The molecule has 0 aliphatic carbocycles. The summed E-state index contributed by atoms with van der Waals surface area (Å²) in [4.78, 5) is 19.4. The van der Waals surface area contributed by atoms with Gasteiger partial charge in [-0.15, -0.1) is 24.8 Å². The molecule has 1 unspecified atom stereocenters. The number of hydrogen-bond donors (Lipinski definition) is 1. The fourth-order valence-corrected chi connectivity index (χ4v) is 4.26. The van der Waals surface area contributed by atoms with Crippen LogP contribution in [0.2, 0.25) is 0 Å². The highest BCUT2D eigenvalue weighted by Crippen LogP contribution is 2.22. The molecule has 6 nitrogen and oxygen atoms in total. The second-order valence-electron chi connectivity index (χ2n) is 7.32. The zero-order valence-electron chi connectivity index (χ0n) is 17.0. The highest BCUT2D eigenvalue weighted by molar-refractivity contribution is 7.92. The highest BCUT2D eigenvalue weighted by Gasteiger charge is 2.28. The monoisotopic (exact) mass is 473 g/mol. The summed E-state index contributed by atoms with van der Waals surface area (Å²) in [7, 11) is -3.32. The highest BCUT2D eigenvalue weighted by atomic mass is 35.5. The third kappa shape index (κ3) is 7.87. The fourth-order valence-electron chi connectivity index (χ4n) is 3.70. The summed E-state index contributed by atoms with van der Waals surface area (Å²) >= 11 is 0. The van der Waals surface area contributed by atoms with Crippen LogP contribution in [0.25, 0.3) is 0 Å². The van der Waals surface area contributed by atoms with Gasteiger partial charge in [-0.05, 0) is 80.7 Å². The van der Waals surface area contributed by atoms with Gasteiger partial charge >= 0.3 is 0 Å². The van der Waals surface area contributed by atoms with Crippen molar-refractivity contribution in [3.63, 3.8) is 0 Å². The standard InChI is InChI=1S/C21H27N3O3S.2ClH/c1-28(26,27)23-19-9-7-18(8-10-19)21(25)20-6-2-3-15-24(20)16-4-5-17-11-13-22-14-12-17;;/h7-14,20,23H,2-6,15-16H2,1H3;2*1H. The number of carbonyl (C=O) groups excluding carboxylic acids is 1. The SMILES string of the molecule is CS(=O)(=O)Nc1ccc(C(=O)C2CCCCN2CCCc2ccncc2)cc1.Cl.Cl. The van der Waals surface area contributed by atoms with Crippen LogP contribution in [0.3, 0.4) is 0 Å². The number of nitrogens with zero attached hydrogens (tertiary/aromatic N) is 2. The zero-order chi connectivity index (χ0) is 20.0. The van der Waals surface area contributed by atoms with Crippen molar-refractivity contribution in [2.45, 2.75) is 38.1 Å². The number of pyridine rings is 1. The summed E-state index contributed by atoms with van der Waals surface area (Å²) in [5, 5.41) is 0. The molecule has 1 aromatic heterocycles. The molecule has 0 bridgehead atoms. The number of likely N-dealkylation sites (tertiary alicyclic amines) is 1. The minimum Gasteiger partial charge on any atom is -0.293 e. The van der Waals surface area contributed by atoms with Gasteiger partial charge in [0.1, 0.15) is 0 Å². The molecule has 1 aliphatic heterocycles. The van der Waals surface area contributed by atoms with E-state index in [2.05, 4.69) is 14.6 Å². The normalized spacial score (nSPS) is 16.8. The van der Waals surface area contributed by atoms with E-state index >= 15 is 0 Å². The molecule has 1 saturated heterocycles. The Morgan fingerprint density at radius 3 is 2.40 bits per heavy atom. The Morgan fingerprint density at radius 2 is 1.77 bits per heavy atom. The molecule has 30 heavy (non-hydrogen) atoms. The Labute approximate surface area is 191 Å². The summed E-state index contributed by atoms with van der Waals surface area (Å²) in [6, 6.07) is 10.7. The lowest BCUT2D eigenvalue weighted by Crippen LogP contribution is -2.45. The Hall–Kier alpha value is -1.67. The van der Waals surface area contributed by atoms with Crippen molar-refractivity contribution in [3.05, 3.63) is 59.9 Å². The molecular formula is C21H29Cl2N3O3S. The molecule has 0 radical (unpaired) electrons. The molecule has 1 aliphatic rings. The molecule has 1 aromatic carbocycles. The molecule has 1 N–H and O–H groups in total. The number of nitrogens with one attached hydrogen (secondary N) is 1. The molecule has 1 fully saturated rings. The number of halogens is 2. The average molecular weight is 474 g/mol. The first kappa shape index (κ1) is 26.4. The van der Waals surface area contributed by atoms with Crippen LogP contribution >= 0.6 is 24.8 Å². The van der Waals surface area contributed by atoms with Gasteiger partial charge in [0.25, 0.3) is 0 Å². The number of aromatic nitrogens is 1. The molecule has 0 spiro atoms. The van der Waals surface area contributed by atoms with E-state index in [1.165, 1.54) is 5.56 Å². The van der Waals surface area contributed by atoms with E-state index < -0.39 is 10.0 Å². The lowest BCUT2D eigenvalue weighted by molar-refractivity contribution is 0.0744. The van der Waals surface area contributed by atoms with Crippen molar-refractivity contribution in [2.24, 2.45) is 0 Å². The maximum atomic E-state index is 13.1. The number of aryl methyl sites for hydroxylation is 1. The number of hydrogen-bond acceptors (Lipinski definition) is 5. The first-order chi connectivity index (χ1) is 13.4. The average Bonchev–Trinajstić information content (AvgIpc) is 2.68. The number of carbonyl (C=O) groups is 1. The molecule has 3 rings (SSSR count). The molecule has 166 valence electrons. The van der Waals surface area contributed by atoms with E-state index in [-0.39, 0.29) is 36.6 Å². The van der Waals surface area contributed by atoms with Crippen LogP contribution in [0, 0.1) is 0 Å². The van der Waals surface area contributed by atoms with Gasteiger partial charge in [0.05, 0.1) is 12.3 Å². The quantitative estimate of drug-likeness (QED) is 0.586. The maximum absolute atomic E-state index is 13.1. The number of Topliss-reactive ketones (excluding diaryl/α,β-unsaturated/α-hetero) is 1. The largest absolute Gasteiger partial charge is 0.293 e. The summed E-state index contributed by atoms with van der Waals surface area (Å²) in [5.41, 5.74) is 2.37. The number of piperidine rings is 1. The number of anilines is 1. The van der Waals surface area contributed by atoms with Gasteiger partial charge in [-0.1, -0.05) is 6.42 Å². The van der Waals surface area contributed by atoms with Crippen molar-refractivity contribution in [1.29, 1.82) is 0 Å². The van der Waals surface area contributed by atoms with Crippen molar-refractivity contribution in [3.8, 4) is 0 Å². The first-order valence-electron chi connectivity index (χ1n) is 9.67. The van der Waals surface area contributed by atoms with E-state index in [4.69, 9.17) is 0 Å². The molecule has 2 aromatic rings. The number of ketones is 1. The molecular weight excluding hydrogens is 445 g/mol. The minimum absolute atomic E-state index is 0. The topological polar surface area (TPSA) is 79.4 Å². The van der Waals surface area contributed by atoms with E-state index in [0.717, 1.165) is 51.4 Å². The van der Waals surface area contributed by atoms with Gasteiger partial charge in [0, 0.05) is 23.6 Å². The van der Waals surface area contributed by atoms with Gasteiger partial charge in [0.15, 0.2) is 5.78 Å². The number of sulfonamides is 1. The maximum Gasteiger partial charge on any atom is 0.229 e. The van der Waals surface area contributed by atoms with Crippen LogP contribution in [0.4, 0.5) is 5.69 Å². The van der Waals surface area contributed by atoms with E-state index in [0.29, 0.717) is 11.3 Å². The second kappa shape index (κ2) is 12.2. The van der Waals surface area contributed by atoms with E-state index in [9.17, 15) is 13.2 Å². The molecule has 1 atom stereocenters. The van der Waals surface area contributed by atoms with Gasteiger partial charge in [0.2, 0.25) is 10.0 Å². The Balaban J connectivity index is 0.00000225. The van der Waals surface area contributed by atoms with E-state index in [1.807, 2.05) is 24.5 Å². The van der Waals surface area contributed by atoms with E-state index in [1.54, 1.807) is 24.3 Å². The van der Waals surface area contributed by atoms with Crippen LogP contribution in [-0.2, 0) is 16.4 Å². The first-order valence-corrected chi connectivity index (χ1v) is 11.6. The van der Waals surface area contributed by atoms with Gasteiger partial charge < -0.3 is 0 Å². The zero-order valence-corrected chi connectivity index (χ0v) is 19.4. The Bertz CT molecular complexity index is 893. The summed E-state index contributed by atoms with van der Waals surface area (Å²) in [5.74, 6) is 0.120. The molecule has 0 saturated carbocycles.